The fraction of sp³-hybridized carbons (Fsp3) is 0.571. The molecule has 0 amide bonds. The van der Waals surface area contributed by atoms with Crippen molar-refractivity contribution in [1.29, 1.82) is 0 Å². The largest absolute Gasteiger partial charge is 0.497 e. The first kappa shape index (κ1) is 16.3. The third-order valence-electron chi connectivity index (χ3n) is 7.07. The highest BCUT2D eigenvalue weighted by Crippen LogP contribution is 2.59. The molecule has 138 valence electrons. The molecule has 0 radical (unpaired) electrons. The predicted octanol–water partition coefficient (Wildman–Crippen LogP) is 3.44. The molecule has 0 bridgehead atoms. The van der Waals surface area contributed by atoms with Crippen LogP contribution in [0, 0.1) is 11.8 Å². The summed E-state index contributed by atoms with van der Waals surface area (Å²) in [6.45, 7) is 3.73. The molecule has 1 spiro atoms. The van der Waals surface area contributed by atoms with Crippen molar-refractivity contribution in [3.63, 3.8) is 0 Å². The first-order chi connectivity index (χ1) is 12.7. The second-order valence-corrected chi connectivity index (χ2v) is 7.91. The van der Waals surface area contributed by atoms with Gasteiger partial charge in [0.05, 0.1) is 26.5 Å². The van der Waals surface area contributed by atoms with Crippen LogP contribution in [0.2, 0.25) is 0 Å². The van der Waals surface area contributed by atoms with Gasteiger partial charge in [0, 0.05) is 23.4 Å². The minimum absolute atomic E-state index is 0.0592. The maximum Gasteiger partial charge on any atom is 0.171 e. The van der Waals surface area contributed by atoms with Gasteiger partial charge in [-0.3, -0.25) is 5.10 Å². The molecular formula is C21H26N2O3. The summed E-state index contributed by atoms with van der Waals surface area (Å²) in [6.07, 6.45) is 6.12. The van der Waals surface area contributed by atoms with Crippen LogP contribution in [-0.2, 0) is 21.3 Å². The molecule has 3 atom stereocenters. The molecule has 5 nitrogen and oxygen atoms in total. The van der Waals surface area contributed by atoms with E-state index in [1.54, 1.807) is 7.11 Å². The quantitative estimate of drug-likeness (QED) is 0.898. The van der Waals surface area contributed by atoms with Crippen molar-refractivity contribution in [2.45, 2.75) is 43.8 Å². The van der Waals surface area contributed by atoms with E-state index in [9.17, 15) is 0 Å². The monoisotopic (exact) mass is 354 g/mol. The van der Waals surface area contributed by atoms with Gasteiger partial charge in [-0.15, -0.1) is 0 Å². The van der Waals surface area contributed by atoms with Gasteiger partial charge in [-0.05, 0) is 48.4 Å². The molecule has 1 aliphatic heterocycles. The van der Waals surface area contributed by atoms with E-state index in [0.717, 1.165) is 31.4 Å². The van der Waals surface area contributed by atoms with Crippen LogP contribution >= 0.6 is 0 Å². The Morgan fingerprint density at radius 3 is 2.65 bits per heavy atom. The molecule has 1 aromatic heterocycles. The van der Waals surface area contributed by atoms with Crippen molar-refractivity contribution in [1.82, 2.24) is 10.2 Å². The number of H-pyrrole nitrogens is 1. The molecular weight excluding hydrogens is 328 g/mol. The number of fused-ring (bicyclic) bond motifs is 3. The SMILES string of the molecule is COc1ccc([C@]23CCC4(OCCO4)[C@@H](C)[C@@H]2CCc2cn[nH]c23)cc1. The van der Waals surface area contributed by atoms with Gasteiger partial charge < -0.3 is 14.2 Å². The van der Waals surface area contributed by atoms with Gasteiger partial charge in [0.15, 0.2) is 5.79 Å². The van der Waals surface area contributed by atoms with Gasteiger partial charge >= 0.3 is 0 Å². The highest BCUT2D eigenvalue weighted by Gasteiger charge is 2.59. The van der Waals surface area contributed by atoms with Crippen LogP contribution in [0.3, 0.4) is 0 Å². The van der Waals surface area contributed by atoms with Gasteiger partial charge in [0.2, 0.25) is 0 Å². The summed E-state index contributed by atoms with van der Waals surface area (Å²) in [5.74, 6) is 1.27. The highest BCUT2D eigenvalue weighted by molar-refractivity contribution is 5.45. The zero-order chi connectivity index (χ0) is 17.8. The van der Waals surface area contributed by atoms with E-state index >= 15 is 0 Å². The molecule has 5 heteroatoms. The minimum Gasteiger partial charge on any atom is -0.497 e. The second kappa shape index (κ2) is 5.83. The van der Waals surface area contributed by atoms with Gasteiger partial charge in [0.25, 0.3) is 0 Å². The van der Waals surface area contributed by atoms with Crippen LogP contribution in [0.25, 0.3) is 0 Å². The number of nitrogens with one attached hydrogen (secondary N) is 1. The summed E-state index contributed by atoms with van der Waals surface area (Å²) in [5.41, 5.74) is 3.93. The fourth-order valence-corrected chi connectivity index (χ4v) is 5.79. The molecule has 1 saturated carbocycles. The van der Waals surface area contributed by atoms with Gasteiger partial charge in [-0.25, -0.2) is 0 Å². The molecule has 1 aromatic carbocycles. The maximum atomic E-state index is 6.16. The lowest BCUT2D eigenvalue weighted by molar-refractivity contribution is -0.232. The summed E-state index contributed by atoms with van der Waals surface area (Å²) in [5, 5.41) is 7.76. The molecule has 1 N–H and O–H groups in total. The highest BCUT2D eigenvalue weighted by atomic mass is 16.7. The number of rotatable bonds is 2. The zero-order valence-corrected chi connectivity index (χ0v) is 15.5. The molecule has 2 fully saturated rings. The summed E-state index contributed by atoms with van der Waals surface area (Å²) >= 11 is 0. The average Bonchev–Trinajstić information content (AvgIpc) is 3.35. The van der Waals surface area contributed by atoms with Crippen LogP contribution in [0.4, 0.5) is 0 Å². The smallest absolute Gasteiger partial charge is 0.171 e. The number of aromatic amines is 1. The third-order valence-corrected chi connectivity index (χ3v) is 7.07. The molecule has 2 heterocycles. The number of nitrogens with zero attached hydrogens (tertiary/aromatic N) is 1. The number of aryl methyl sites for hydroxylation is 1. The number of ether oxygens (including phenoxy) is 3. The van der Waals surface area contributed by atoms with Crippen LogP contribution < -0.4 is 4.74 Å². The van der Waals surface area contributed by atoms with Crippen molar-refractivity contribution in [3.05, 3.63) is 47.3 Å². The van der Waals surface area contributed by atoms with Crippen molar-refractivity contribution in [2.24, 2.45) is 11.8 Å². The van der Waals surface area contributed by atoms with Crippen molar-refractivity contribution in [3.8, 4) is 5.75 Å². The molecule has 3 aliphatic rings. The topological polar surface area (TPSA) is 56.4 Å². The first-order valence-corrected chi connectivity index (χ1v) is 9.65. The number of methoxy groups -OCH3 is 1. The Balaban J connectivity index is 1.65. The minimum atomic E-state index is -0.405. The lowest BCUT2D eigenvalue weighted by Gasteiger charge is -2.55. The summed E-state index contributed by atoms with van der Waals surface area (Å²) in [4.78, 5) is 0. The van der Waals surface area contributed by atoms with Crippen molar-refractivity contribution in [2.75, 3.05) is 20.3 Å². The fourth-order valence-electron chi connectivity index (χ4n) is 5.79. The molecule has 26 heavy (non-hydrogen) atoms. The van der Waals surface area contributed by atoms with Gasteiger partial charge in [0.1, 0.15) is 5.75 Å². The first-order valence-electron chi connectivity index (χ1n) is 9.65. The average molecular weight is 354 g/mol. The molecule has 0 unspecified atom stereocenters. The Kier molecular flexibility index (Phi) is 3.66. The molecule has 5 rings (SSSR count). The van der Waals surface area contributed by atoms with Crippen LogP contribution in [0.15, 0.2) is 30.5 Å². The van der Waals surface area contributed by atoms with E-state index in [0.29, 0.717) is 25.0 Å². The Morgan fingerprint density at radius 1 is 1.15 bits per heavy atom. The second-order valence-electron chi connectivity index (χ2n) is 7.91. The number of hydrogen-bond acceptors (Lipinski definition) is 4. The van der Waals surface area contributed by atoms with E-state index in [1.165, 1.54) is 16.8 Å². The van der Waals surface area contributed by atoms with E-state index in [1.807, 2.05) is 6.20 Å². The van der Waals surface area contributed by atoms with E-state index in [2.05, 4.69) is 41.4 Å². The maximum absolute atomic E-state index is 6.16. The van der Waals surface area contributed by atoms with E-state index in [4.69, 9.17) is 14.2 Å². The Labute approximate surface area is 154 Å². The van der Waals surface area contributed by atoms with E-state index in [-0.39, 0.29) is 5.41 Å². The molecule has 2 aliphatic carbocycles. The Bertz CT molecular complexity index is 794. The van der Waals surface area contributed by atoms with Crippen LogP contribution in [0.5, 0.6) is 5.75 Å². The predicted molar refractivity (Wildman–Crippen MR) is 97.2 cm³/mol. The number of hydrogen-bond donors (Lipinski definition) is 1. The third kappa shape index (κ3) is 2.07. The van der Waals surface area contributed by atoms with Crippen LogP contribution in [-0.4, -0.2) is 36.3 Å². The zero-order valence-electron chi connectivity index (χ0n) is 15.5. The lowest BCUT2D eigenvalue weighted by Crippen LogP contribution is -2.56. The van der Waals surface area contributed by atoms with Crippen LogP contribution in [0.1, 0.15) is 43.0 Å². The summed E-state index contributed by atoms with van der Waals surface area (Å²) < 4.78 is 17.7. The number of benzene rings is 1. The van der Waals surface area contributed by atoms with Crippen molar-refractivity contribution < 1.29 is 14.2 Å². The van der Waals surface area contributed by atoms with Gasteiger partial charge in [-0.2, -0.15) is 5.10 Å². The number of aromatic nitrogens is 2. The summed E-state index contributed by atoms with van der Waals surface area (Å²) in [7, 11) is 1.71. The normalized spacial score (nSPS) is 32.2. The van der Waals surface area contributed by atoms with Crippen molar-refractivity contribution >= 4 is 0 Å². The molecule has 2 aromatic rings. The Hall–Kier alpha value is -1.85. The summed E-state index contributed by atoms with van der Waals surface area (Å²) in [6, 6.07) is 8.60. The van der Waals surface area contributed by atoms with E-state index < -0.39 is 5.79 Å². The Morgan fingerprint density at radius 2 is 1.92 bits per heavy atom. The molecule has 1 saturated heterocycles. The van der Waals surface area contributed by atoms with Gasteiger partial charge in [-0.1, -0.05) is 19.1 Å². The standard InChI is InChI=1S/C21H26N2O3/c1-14-18-8-3-15-13-22-23-19(15)20(18,9-10-21(14)25-11-12-26-21)16-4-6-17(24-2)7-5-16/h4-7,13-14,18H,3,8-12H2,1-2H3,(H,22,23)/t14-,18-,20+/m0/s1. The lowest BCUT2D eigenvalue weighted by atomic mass is 9.52.